The molecule has 0 aliphatic rings. The first kappa shape index (κ1) is 22.6. The summed E-state index contributed by atoms with van der Waals surface area (Å²) in [7, 11) is 0. The van der Waals surface area contributed by atoms with Crippen LogP contribution in [0.5, 0.6) is 5.75 Å². The Bertz CT molecular complexity index is 1270. The molecule has 34 heavy (non-hydrogen) atoms. The molecule has 0 saturated carbocycles. The number of hydrogen-bond donors (Lipinski definition) is 3. The molecule has 7 heteroatoms. The number of nitrogens with zero attached hydrogens (tertiary/aromatic N) is 3. The van der Waals surface area contributed by atoms with E-state index in [1.807, 2.05) is 30.3 Å². The third-order valence-electron chi connectivity index (χ3n) is 5.13. The molecular formula is C27H22N4O3. The lowest BCUT2D eigenvalue weighted by atomic mass is 9.85. The Balaban J connectivity index is 1.55. The summed E-state index contributed by atoms with van der Waals surface area (Å²) in [5.74, 6) is -0.779. The van der Waals surface area contributed by atoms with Crippen LogP contribution in [0.15, 0.2) is 125 Å². The third kappa shape index (κ3) is 5.06. The Morgan fingerprint density at radius 1 is 0.735 bits per heavy atom. The van der Waals surface area contributed by atoms with Gasteiger partial charge in [-0.25, -0.2) is 5.43 Å². The van der Waals surface area contributed by atoms with Crippen molar-refractivity contribution in [1.82, 2.24) is 5.43 Å². The van der Waals surface area contributed by atoms with Crippen LogP contribution in [-0.2, 0) is 10.4 Å². The van der Waals surface area contributed by atoms with Crippen molar-refractivity contribution >= 4 is 23.5 Å². The van der Waals surface area contributed by atoms with Crippen LogP contribution < -0.4 is 5.43 Å². The second kappa shape index (κ2) is 10.3. The van der Waals surface area contributed by atoms with Crippen LogP contribution >= 0.6 is 0 Å². The first-order valence-electron chi connectivity index (χ1n) is 10.5. The molecule has 0 unspecified atom stereocenters. The number of phenols is 1. The smallest absolute Gasteiger partial charge is 0.281 e. The number of benzene rings is 4. The normalized spacial score (nSPS) is 11.7. The number of nitrogens with one attached hydrogen (secondary N) is 1. The fraction of sp³-hybridized carbons (Fsp3) is 0.0370. The lowest BCUT2D eigenvalue weighted by Crippen LogP contribution is -2.43. The quantitative estimate of drug-likeness (QED) is 0.205. The summed E-state index contributed by atoms with van der Waals surface area (Å²) in [4.78, 5) is 13.1. The number of rotatable bonds is 7. The minimum atomic E-state index is -1.95. The monoisotopic (exact) mass is 450 g/mol. The van der Waals surface area contributed by atoms with Crippen LogP contribution in [0.1, 0.15) is 16.7 Å². The van der Waals surface area contributed by atoms with Gasteiger partial charge in [-0.3, -0.25) is 4.79 Å². The standard InChI is InChI=1S/C27H22N4O3/c32-25-17-16-24(30-29-23-14-8-3-9-15-23)18-20(25)19-28-31-26(33)27(34,21-10-4-1-5-11-21)22-12-6-2-7-13-22/h1-19,32,34H,(H,31,33)/b28-19-,30-29?. The Labute approximate surface area is 196 Å². The van der Waals surface area contributed by atoms with Crippen LogP contribution in [0.3, 0.4) is 0 Å². The molecule has 0 atom stereocenters. The molecule has 7 nitrogen and oxygen atoms in total. The molecule has 0 radical (unpaired) electrons. The maximum Gasteiger partial charge on any atom is 0.281 e. The zero-order chi connectivity index (χ0) is 23.8. The van der Waals surface area contributed by atoms with Gasteiger partial charge in [0.15, 0.2) is 5.60 Å². The molecule has 3 N–H and O–H groups in total. The number of hydrazone groups is 1. The molecule has 0 aliphatic carbocycles. The van der Waals surface area contributed by atoms with Crippen molar-refractivity contribution in [2.45, 2.75) is 5.60 Å². The molecule has 0 saturated heterocycles. The van der Waals surface area contributed by atoms with E-state index < -0.39 is 11.5 Å². The molecule has 0 heterocycles. The van der Waals surface area contributed by atoms with E-state index in [-0.39, 0.29) is 5.75 Å². The summed E-state index contributed by atoms with van der Waals surface area (Å²) in [6.07, 6.45) is 1.28. The van der Waals surface area contributed by atoms with E-state index in [0.29, 0.717) is 28.1 Å². The second-order valence-electron chi connectivity index (χ2n) is 7.42. The largest absolute Gasteiger partial charge is 0.507 e. The number of aliphatic hydroxyl groups is 1. The van der Waals surface area contributed by atoms with Crippen molar-refractivity contribution in [2.24, 2.45) is 15.3 Å². The fourth-order valence-corrected chi connectivity index (χ4v) is 3.35. The van der Waals surface area contributed by atoms with E-state index in [9.17, 15) is 15.0 Å². The molecule has 0 fully saturated rings. The number of aromatic hydroxyl groups is 1. The van der Waals surface area contributed by atoms with Gasteiger partial charge in [-0.1, -0.05) is 78.9 Å². The van der Waals surface area contributed by atoms with Gasteiger partial charge >= 0.3 is 0 Å². The fourth-order valence-electron chi connectivity index (χ4n) is 3.35. The summed E-state index contributed by atoms with van der Waals surface area (Å²) in [5.41, 5.74) is 2.76. The lowest BCUT2D eigenvalue weighted by molar-refractivity contribution is -0.136. The Morgan fingerprint density at radius 2 is 1.26 bits per heavy atom. The topological polar surface area (TPSA) is 107 Å². The molecule has 0 spiro atoms. The first-order chi connectivity index (χ1) is 16.6. The zero-order valence-electron chi connectivity index (χ0n) is 18.1. The predicted molar refractivity (Wildman–Crippen MR) is 130 cm³/mol. The lowest BCUT2D eigenvalue weighted by Gasteiger charge is -2.27. The molecule has 0 bridgehead atoms. The Kier molecular flexibility index (Phi) is 6.86. The van der Waals surface area contributed by atoms with E-state index in [2.05, 4.69) is 20.8 Å². The van der Waals surface area contributed by atoms with Crippen LogP contribution in [0.25, 0.3) is 0 Å². The number of carbonyl (C=O) groups is 1. The maximum absolute atomic E-state index is 13.1. The van der Waals surface area contributed by atoms with E-state index in [1.54, 1.807) is 72.8 Å². The van der Waals surface area contributed by atoms with Crippen molar-refractivity contribution in [3.05, 3.63) is 126 Å². The van der Waals surface area contributed by atoms with Crippen molar-refractivity contribution in [2.75, 3.05) is 0 Å². The van der Waals surface area contributed by atoms with Crippen LogP contribution in [0.2, 0.25) is 0 Å². The third-order valence-corrected chi connectivity index (χ3v) is 5.13. The summed E-state index contributed by atoms with van der Waals surface area (Å²) < 4.78 is 0. The van der Waals surface area contributed by atoms with Crippen molar-refractivity contribution in [3.63, 3.8) is 0 Å². The van der Waals surface area contributed by atoms with E-state index in [4.69, 9.17) is 0 Å². The SMILES string of the molecule is O=C(N/N=C\c1cc(N=Nc2ccccc2)ccc1O)C(O)(c1ccccc1)c1ccccc1. The maximum atomic E-state index is 13.1. The predicted octanol–water partition coefficient (Wildman–Crippen LogP) is 5.19. The highest BCUT2D eigenvalue weighted by molar-refractivity contribution is 5.91. The van der Waals surface area contributed by atoms with Gasteiger partial charge in [-0.2, -0.15) is 15.3 Å². The molecular weight excluding hydrogens is 428 g/mol. The van der Waals surface area contributed by atoms with Gasteiger partial charge in [0, 0.05) is 5.56 Å². The van der Waals surface area contributed by atoms with E-state index >= 15 is 0 Å². The van der Waals surface area contributed by atoms with Crippen molar-refractivity contribution in [1.29, 1.82) is 0 Å². The van der Waals surface area contributed by atoms with Gasteiger partial charge in [0.1, 0.15) is 5.75 Å². The number of hydrogen-bond acceptors (Lipinski definition) is 6. The number of amides is 1. The Hall–Kier alpha value is -4.62. The minimum absolute atomic E-state index is 0.0435. The van der Waals surface area contributed by atoms with E-state index in [0.717, 1.165) is 0 Å². The molecule has 4 aromatic carbocycles. The molecule has 0 aromatic heterocycles. The zero-order valence-corrected chi connectivity index (χ0v) is 18.1. The highest BCUT2D eigenvalue weighted by Gasteiger charge is 2.39. The molecule has 4 rings (SSSR count). The molecule has 168 valence electrons. The van der Waals surface area contributed by atoms with Crippen LogP contribution in [0, 0.1) is 0 Å². The van der Waals surface area contributed by atoms with Gasteiger partial charge in [-0.05, 0) is 41.5 Å². The minimum Gasteiger partial charge on any atom is -0.507 e. The average Bonchev–Trinajstić information content (AvgIpc) is 2.90. The van der Waals surface area contributed by atoms with Gasteiger partial charge < -0.3 is 10.2 Å². The van der Waals surface area contributed by atoms with Crippen molar-refractivity contribution in [3.8, 4) is 5.75 Å². The molecule has 1 amide bonds. The summed E-state index contributed by atoms with van der Waals surface area (Å²) in [6.45, 7) is 0. The second-order valence-corrected chi connectivity index (χ2v) is 7.42. The van der Waals surface area contributed by atoms with Gasteiger partial charge in [0.05, 0.1) is 17.6 Å². The summed E-state index contributed by atoms with van der Waals surface area (Å²) in [6, 6.07) is 31.2. The van der Waals surface area contributed by atoms with E-state index in [1.165, 1.54) is 12.3 Å². The van der Waals surface area contributed by atoms with Gasteiger partial charge in [0.25, 0.3) is 5.91 Å². The summed E-state index contributed by atoms with van der Waals surface area (Å²) >= 11 is 0. The van der Waals surface area contributed by atoms with Gasteiger partial charge in [-0.15, -0.1) is 0 Å². The Morgan fingerprint density at radius 3 is 1.85 bits per heavy atom. The average molecular weight is 450 g/mol. The van der Waals surface area contributed by atoms with Crippen LogP contribution in [-0.4, -0.2) is 22.3 Å². The van der Waals surface area contributed by atoms with Gasteiger partial charge in [0.2, 0.25) is 0 Å². The van der Waals surface area contributed by atoms with Crippen LogP contribution in [0.4, 0.5) is 11.4 Å². The first-order valence-corrected chi connectivity index (χ1v) is 10.5. The summed E-state index contributed by atoms with van der Waals surface area (Å²) in [5, 5.41) is 33.9. The molecule has 4 aromatic rings. The number of carbonyl (C=O) groups excluding carboxylic acids is 1. The molecule has 0 aliphatic heterocycles. The number of phenolic OH excluding ortho intramolecular Hbond substituents is 1. The highest BCUT2D eigenvalue weighted by Crippen LogP contribution is 2.30. The highest BCUT2D eigenvalue weighted by atomic mass is 16.3. The van der Waals surface area contributed by atoms with Crippen molar-refractivity contribution < 1.29 is 15.0 Å². The number of azo groups is 1.